The van der Waals surface area contributed by atoms with Gasteiger partial charge in [0, 0.05) is 5.92 Å². The fraction of sp³-hybridized carbons (Fsp3) is 1.00. The molecule has 0 radical (unpaired) electrons. The SMILES string of the molecule is CCC1OC(C)[C@@H](C)C(C)[C@@H]1O[C@@H]1OC(CC)[C@H](C)[C@H](C)C1C. The average Bonchev–Trinajstić information content (AvgIpc) is 2.55. The van der Waals surface area contributed by atoms with Crippen LogP contribution < -0.4 is 0 Å². The zero-order valence-electron chi connectivity index (χ0n) is 16.4. The summed E-state index contributed by atoms with van der Waals surface area (Å²) in [6.07, 6.45) is 2.88. The van der Waals surface area contributed by atoms with Crippen molar-refractivity contribution in [3.63, 3.8) is 0 Å². The Morgan fingerprint density at radius 2 is 1.26 bits per heavy atom. The maximum atomic E-state index is 6.58. The maximum Gasteiger partial charge on any atom is 0.161 e. The van der Waals surface area contributed by atoms with E-state index in [1.54, 1.807) is 0 Å². The van der Waals surface area contributed by atoms with Crippen molar-refractivity contribution >= 4 is 0 Å². The Labute approximate surface area is 143 Å². The van der Waals surface area contributed by atoms with Crippen LogP contribution in [0, 0.1) is 29.6 Å². The molecule has 0 saturated carbocycles. The van der Waals surface area contributed by atoms with Crippen LogP contribution >= 0.6 is 0 Å². The summed E-state index contributed by atoms with van der Waals surface area (Å²) in [5.41, 5.74) is 0. The van der Waals surface area contributed by atoms with Gasteiger partial charge in [-0.15, -0.1) is 0 Å². The van der Waals surface area contributed by atoms with E-state index >= 15 is 0 Å². The highest BCUT2D eigenvalue weighted by Crippen LogP contribution is 2.40. The lowest BCUT2D eigenvalue weighted by atomic mass is 9.77. The third kappa shape index (κ3) is 3.77. The first kappa shape index (κ1) is 19.2. The molecule has 0 amide bonds. The summed E-state index contributed by atoms with van der Waals surface area (Å²) in [5.74, 6) is 2.65. The molecule has 23 heavy (non-hydrogen) atoms. The Hall–Kier alpha value is -0.120. The Bertz CT molecular complexity index is 368. The highest BCUT2D eigenvalue weighted by Gasteiger charge is 2.45. The number of hydrogen-bond donors (Lipinski definition) is 0. The van der Waals surface area contributed by atoms with E-state index in [-0.39, 0.29) is 18.5 Å². The van der Waals surface area contributed by atoms with Crippen molar-refractivity contribution in [1.29, 1.82) is 0 Å². The smallest absolute Gasteiger partial charge is 0.161 e. The monoisotopic (exact) mass is 326 g/mol. The second-order valence-corrected chi connectivity index (χ2v) is 8.14. The lowest BCUT2D eigenvalue weighted by Crippen LogP contribution is -2.54. The fourth-order valence-corrected chi connectivity index (χ4v) is 4.35. The largest absolute Gasteiger partial charge is 0.372 e. The van der Waals surface area contributed by atoms with Crippen LogP contribution in [-0.4, -0.2) is 30.7 Å². The van der Waals surface area contributed by atoms with Gasteiger partial charge >= 0.3 is 0 Å². The molecule has 0 bridgehead atoms. The molecular formula is C20H38O3. The van der Waals surface area contributed by atoms with E-state index in [9.17, 15) is 0 Å². The summed E-state index contributed by atoms with van der Waals surface area (Å²) < 4.78 is 19.2. The standard InChI is InChI=1S/C20H38O3/c1-9-17-13(5)11(3)15(7)20(22-17)23-19-14(6)12(4)16(8)21-18(19)10-2/h11-20H,9-10H2,1-8H3/t11-,12-,13+,14?,15?,16?,17?,18?,19-,20-/m0/s1. The molecule has 0 spiro atoms. The molecule has 2 saturated heterocycles. The van der Waals surface area contributed by atoms with Gasteiger partial charge in [-0.1, -0.05) is 48.5 Å². The number of ether oxygens (including phenoxy) is 3. The van der Waals surface area contributed by atoms with Crippen molar-refractivity contribution < 1.29 is 14.2 Å². The quantitative estimate of drug-likeness (QED) is 0.736. The van der Waals surface area contributed by atoms with Gasteiger partial charge in [-0.25, -0.2) is 0 Å². The molecule has 0 aromatic rings. The van der Waals surface area contributed by atoms with Crippen molar-refractivity contribution in [2.75, 3.05) is 0 Å². The summed E-state index contributed by atoms with van der Waals surface area (Å²) in [4.78, 5) is 0. The fourth-order valence-electron chi connectivity index (χ4n) is 4.35. The van der Waals surface area contributed by atoms with E-state index in [4.69, 9.17) is 14.2 Å². The van der Waals surface area contributed by atoms with E-state index < -0.39 is 0 Å². The van der Waals surface area contributed by atoms with Crippen LogP contribution in [-0.2, 0) is 14.2 Å². The zero-order valence-corrected chi connectivity index (χ0v) is 16.4. The van der Waals surface area contributed by atoms with Crippen LogP contribution in [0.3, 0.4) is 0 Å². The van der Waals surface area contributed by atoms with Crippen LogP contribution in [0.5, 0.6) is 0 Å². The van der Waals surface area contributed by atoms with E-state index in [0.29, 0.717) is 41.8 Å². The first-order valence-electron chi connectivity index (χ1n) is 9.78. The van der Waals surface area contributed by atoms with Gasteiger partial charge in [0.05, 0.1) is 24.4 Å². The molecule has 2 aliphatic heterocycles. The molecular weight excluding hydrogens is 288 g/mol. The van der Waals surface area contributed by atoms with Gasteiger partial charge in [0.15, 0.2) is 6.29 Å². The molecule has 10 atom stereocenters. The molecule has 2 heterocycles. The van der Waals surface area contributed by atoms with E-state index in [2.05, 4.69) is 55.4 Å². The molecule has 0 aliphatic carbocycles. The minimum atomic E-state index is -0.100. The topological polar surface area (TPSA) is 27.7 Å². The normalized spacial score (nSPS) is 51.7. The summed E-state index contributed by atoms with van der Waals surface area (Å²) in [6, 6.07) is 0. The summed E-state index contributed by atoms with van der Waals surface area (Å²) >= 11 is 0. The van der Waals surface area contributed by atoms with E-state index in [0.717, 1.165) is 12.8 Å². The van der Waals surface area contributed by atoms with Crippen molar-refractivity contribution in [3.8, 4) is 0 Å². The molecule has 3 nitrogen and oxygen atoms in total. The second-order valence-electron chi connectivity index (χ2n) is 8.14. The molecule has 2 rings (SSSR count). The van der Waals surface area contributed by atoms with Gasteiger partial charge in [-0.3, -0.25) is 0 Å². The first-order chi connectivity index (χ1) is 10.8. The first-order valence-corrected chi connectivity index (χ1v) is 9.78. The van der Waals surface area contributed by atoms with Gasteiger partial charge < -0.3 is 14.2 Å². The van der Waals surface area contributed by atoms with Gasteiger partial charge in [-0.2, -0.15) is 0 Å². The van der Waals surface area contributed by atoms with Crippen LogP contribution in [0.25, 0.3) is 0 Å². The lowest BCUT2D eigenvalue weighted by Gasteiger charge is -2.48. The van der Waals surface area contributed by atoms with Gasteiger partial charge in [-0.05, 0) is 43.4 Å². The van der Waals surface area contributed by atoms with Crippen molar-refractivity contribution in [1.82, 2.24) is 0 Å². The molecule has 2 aliphatic rings. The van der Waals surface area contributed by atoms with Crippen LogP contribution in [0.4, 0.5) is 0 Å². The van der Waals surface area contributed by atoms with Crippen LogP contribution in [0.15, 0.2) is 0 Å². The molecule has 0 N–H and O–H groups in total. The Morgan fingerprint density at radius 1 is 0.652 bits per heavy atom. The minimum absolute atomic E-state index is 0.100. The Balaban J connectivity index is 2.11. The predicted octanol–water partition coefficient (Wildman–Crippen LogP) is 4.88. The molecule has 5 unspecified atom stereocenters. The van der Waals surface area contributed by atoms with E-state index in [1.807, 2.05) is 0 Å². The molecule has 2 fully saturated rings. The van der Waals surface area contributed by atoms with Gasteiger partial charge in [0.1, 0.15) is 0 Å². The highest BCUT2D eigenvalue weighted by atomic mass is 16.7. The maximum absolute atomic E-state index is 6.58. The highest BCUT2D eigenvalue weighted by molar-refractivity contribution is 4.89. The summed E-state index contributed by atoms with van der Waals surface area (Å²) in [7, 11) is 0. The summed E-state index contributed by atoms with van der Waals surface area (Å²) in [5, 5.41) is 0. The third-order valence-corrected chi connectivity index (χ3v) is 6.92. The minimum Gasteiger partial charge on any atom is -0.372 e. The van der Waals surface area contributed by atoms with Gasteiger partial charge in [0.2, 0.25) is 0 Å². The molecule has 0 aromatic carbocycles. The van der Waals surface area contributed by atoms with Crippen LogP contribution in [0.2, 0.25) is 0 Å². The summed E-state index contributed by atoms with van der Waals surface area (Å²) in [6.45, 7) is 18.1. The Kier molecular flexibility index (Phi) is 6.55. The Morgan fingerprint density at radius 3 is 1.83 bits per heavy atom. The van der Waals surface area contributed by atoms with Crippen molar-refractivity contribution in [3.05, 3.63) is 0 Å². The predicted molar refractivity (Wildman–Crippen MR) is 94.3 cm³/mol. The second kappa shape index (κ2) is 7.84. The molecule has 3 heteroatoms. The zero-order chi connectivity index (χ0) is 17.3. The van der Waals surface area contributed by atoms with Gasteiger partial charge in [0.25, 0.3) is 0 Å². The molecule has 0 aromatic heterocycles. The number of hydrogen-bond acceptors (Lipinski definition) is 3. The van der Waals surface area contributed by atoms with Crippen LogP contribution in [0.1, 0.15) is 68.2 Å². The molecule has 136 valence electrons. The van der Waals surface area contributed by atoms with Crippen molar-refractivity contribution in [2.45, 2.75) is 98.9 Å². The average molecular weight is 327 g/mol. The van der Waals surface area contributed by atoms with E-state index in [1.165, 1.54) is 0 Å². The van der Waals surface area contributed by atoms with Crippen molar-refractivity contribution in [2.24, 2.45) is 29.6 Å². The lowest BCUT2D eigenvalue weighted by molar-refractivity contribution is -0.299. The third-order valence-electron chi connectivity index (χ3n) is 6.92. The number of rotatable bonds is 4.